The van der Waals surface area contributed by atoms with Crippen molar-refractivity contribution in [1.29, 1.82) is 0 Å². The predicted molar refractivity (Wildman–Crippen MR) is 41.4 cm³/mol. The van der Waals surface area contributed by atoms with E-state index in [2.05, 4.69) is 0 Å². The van der Waals surface area contributed by atoms with Crippen molar-refractivity contribution in [2.45, 2.75) is 13.1 Å². The largest absolute Gasteiger partial charge is 0.420 e. The number of alkyl halides is 3. The van der Waals surface area contributed by atoms with Gasteiger partial charge in [-0.25, -0.2) is 8.78 Å². The van der Waals surface area contributed by atoms with E-state index in [9.17, 15) is 26.7 Å². The van der Waals surface area contributed by atoms with Gasteiger partial charge in [0.2, 0.25) is 0 Å². The highest BCUT2D eigenvalue weighted by atomic mass is 19.4. The van der Waals surface area contributed by atoms with Gasteiger partial charge in [0.1, 0.15) is 5.56 Å². The molecular weight excluding hydrogens is 219 g/mol. The van der Waals surface area contributed by atoms with Crippen LogP contribution in [-0.4, -0.2) is 5.78 Å². The van der Waals surface area contributed by atoms with Crippen molar-refractivity contribution in [1.82, 2.24) is 0 Å². The van der Waals surface area contributed by atoms with Gasteiger partial charge in [-0.1, -0.05) is 0 Å². The molecule has 0 spiro atoms. The average Bonchev–Trinajstić information content (AvgIpc) is 2.06. The number of halogens is 5. The standard InChI is InChI=1S/C9H5F5O/c1-4(15)5-2-3-6(10)8(11)7(5)9(12,13)14/h2-3H,1H3. The maximum Gasteiger partial charge on any atom is 0.420 e. The smallest absolute Gasteiger partial charge is 0.294 e. The molecule has 6 heteroatoms. The summed E-state index contributed by atoms with van der Waals surface area (Å²) in [6.07, 6.45) is -5.09. The Morgan fingerprint density at radius 3 is 2.13 bits per heavy atom. The zero-order valence-corrected chi connectivity index (χ0v) is 7.45. The molecule has 0 saturated carbocycles. The van der Waals surface area contributed by atoms with Gasteiger partial charge in [0.25, 0.3) is 0 Å². The van der Waals surface area contributed by atoms with Crippen LogP contribution >= 0.6 is 0 Å². The summed E-state index contributed by atoms with van der Waals surface area (Å²) in [5, 5.41) is 0. The lowest BCUT2D eigenvalue weighted by Gasteiger charge is -2.11. The van der Waals surface area contributed by atoms with Gasteiger partial charge in [-0.15, -0.1) is 0 Å². The third-order valence-corrected chi connectivity index (χ3v) is 1.76. The van der Waals surface area contributed by atoms with Gasteiger partial charge in [0, 0.05) is 5.56 Å². The molecule has 0 unspecified atom stereocenters. The number of hydrogen-bond acceptors (Lipinski definition) is 1. The number of carbonyl (C=O) groups excluding carboxylic acids is 1. The Morgan fingerprint density at radius 1 is 1.20 bits per heavy atom. The lowest BCUT2D eigenvalue weighted by molar-refractivity contribution is -0.140. The molecule has 0 aliphatic heterocycles. The fraction of sp³-hybridized carbons (Fsp3) is 0.222. The van der Waals surface area contributed by atoms with Crippen LogP contribution in [0.4, 0.5) is 22.0 Å². The van der Waals surface area contributed by atoms with Gasteiger partial charge in [-0.05, 0) is 19.1 Å². The van der Waals surface area contributed by atoms with Crippen molar-refractivity contribution in [3.63, 3.8) is 0 Å². The Balaban J connectivity index is 3.57. The third kappa shape index (κ3) is 2.14. The molecule has 1 nitrogen and oxygen atoms in total. The molecule has 0 radical (unpaired) electrons. The molecule has 1 aromatic carbocycles. The Labute approximate surface area is 81.5 Å². The lowest BCUT2D eigenvalue weighted by Crippen LogP contribution is -2.15. The molecule has 0 atom stereocenters. The van der Waals surface area contributed by atoms with Crippen LogP contribution in [0.15, 0.2) is 12.1 Å². The van der Waals surface area contributed by atoms with Crippen LogP contribution in [0.1, 0.15) is 22.8 Å². The number of benzene rings is 1. The van der Waals surface area contributed by atoms with Gasteiger partial charge in [-0.3, -0.25) is 4.79 Å². The quantitative estimate of drug-likeness (QED) is 0.528. The first-order valence-corrected chi connectivity index (χ1v) is 3.81. The van der Waals surface area contributed by atoms with Crippen molar-refractivity contribution >= 4 is 5.78 Å². The first-order chi connectivity index (χ1) is 6.75. The summed E-state index contributed by atoms with van der Waals surface area (Å²) in [5.41, 5.74) is -2.73. The summed E-state index contributed by atoms with van der Waals surface area (Å²) in [7, 11) is 0. The van der Waals surface area contributed by atoms with Crippen molar-refractivity contribution in [2.75, 3.05) is 0 Å². The Bertz CT molecular complexity index is 408. The second kappa shape index (κ2) is 3.60. The van der Waals surface area contributed by atoms with E-state index in [1.807, 2.05) is 0 Å². The highest BCUT2D eigenvalue weighted by Gasteiger charge is 2.39. The van der Waals surface area contributed by atoms with Crippen molar-refractivity contribution in [3.8, 4) is 0 Å². The van der Waals surface area contributed by atoms with Crippen LogP contribution < -0.4 is 0 Å². The monoisotopic (exact) mass is 224 g/mol. The minimum Gasteiger partial charge on any atom is -0.294 e. The highest BCUT2D eigenvalue weighted by Crippen LogP contribution is 2.35. The van der Waals surface area contributed by atoms with Crippen molar-refractivity contribution in [3.05, 3.63) is 34.9 Å². The second-order valence-electron chi connectivity index (χ2n) is 2.84. The van der Waals surface area contributed by atoms with Crippen LogP contribution in [-0.2, 0) is 6.18 Å². The number of Topliss-reactive ketones (excluding diaryl/α,β-unsaturated/α-hetero) is 1. The van der Waals surface area contributed by atoms with E-state index >= 15 is 0 Å². The molecule has 0 bridgehead atoms. The van der Waals surface area contributed by atoms with E-state index in [1.54, 1.807) is 0 Å². The Kier molecular flexibility index (Phi) is 2.79. The molecule has 82 valence electrons. The molecular formula is C9H5F5O. The van der Waals surface area contributed by atoms with Crippen LogP contribution in [0.3, 0.4) is 0 Å². The van der Waals surface area contributed by atoms with Gasteiger partial charge >= 0.3 is 6.18 Å². The number of ketones is 1. The first kappa shape index (κ1) is 11.6. The summed E-state index contributed by atoms with van der Waals surface area (Å²) in [6.45, 7) is 0.849. The maximum absolute atomic E-state index is 12.9. The fourth-order valence-electron chi connectivity index (χ4n) is 1.12. The summed E-state index contributed by atoms with van der Waals surface area (Å²) in [6, 6.07) is 1.10. The minimum absolute atomic E-state index is 0.487. The minimum atomic E-state index is -5.09. The van der Waals surface area contributed by atoms with E-state index in [4.69, 9.17) is 0 Å². The van der Waals surface area contributed by atoms with E-state index in [1.165, 1.54) is 0 Å². The average molecular weight is 224 g/mol. The molecule has 0 aliphatic rings. The maximum atomic E-state index is 12.9. The van der Waals surface area contributed by atoms with Gasteiger partial charge in [0.15, 0.2) is 17.4 Å². The molecule has 0 heterocycles. The lowest BCUT2D eigenvalue weighted by atomic mass is 10.0. The van der Waals surface area contributed by atoms with Gasteiger partial charge in [0.05, 0.1) is 0 Å². The summed E-state index contributed by atoms with van der Waals surface area (Å²) >= 11 is 0. The van der Waals surface area contributed by atoms with Crippen LogP contribution in [0, 0.1) is 11.6 Å². The number of rotatable bonds is 1. The zero-order valence-electron chi connectivity index (χ0n) is 7.45. The van der Waals surface area contributed by atoms with E-state index < -0.39 is 34.7 Å². The summed E-state index contributed by atoms with van der Waals surface area (Å²) < 4.78 is 62.3. The fourth-order valence-corrected chi connectivity index (χ4v) is 1.12. The van der Waals surface area contributed by atoms with E-state index in [0.29, 0.717) is 12.1 Å². The number of hydrogen-bond donors (Lipinski definition) is 0. The normalized spacial score (nSPS) is 11.6. The molecule has 0 N–H and O–H groups in total. The highest BCUT2D eigenvalue weighted by molar-refractivity contribution is 5.95. The van der Waals surface area contributed by atoms with Crippen LogP contribution in [0.5, 0.6) is 0 Å². The van der Waals surface area contributed by atoms with E-state index in [0.717, 1.165) is 6.92 Å². The molecule has 0 aromatic heterocycles. The molecule has 15 heavy (non-hydrogen) atoms. The zero-order chi connectivity index (χ0) is 11.8. The summed E-state index contributed by atoms with van der Waals surface area (Å²) in [4.78, 5) is 10.8. The van der Waals surface area contributed by atoms with Crippen molar-refractivity contribution < 1.29 is 26.7 Å². The third-order valence-electron chi connectivity index (χ3n) is 1.76. The molecule has 0 saturated heterocycles. The molecule has 0 amide bonds. The van der Waals surface area contributed by atoms with Crippen LogP contribution in [0.25, 0.3) is 0 Å². The molecule has 1 rings (SSSR count). The number of carbonyl (C=O) groups is 1. The molecule has 1 aromatic rings. The SMILES string of the molecule is CC(=O)c1ccc(F)c(F)c1C(F)(F)F. The topological polar surface area (TPSA) is 17.1 Å². The van der Waals surface area contributed by atoms with Crippen LogP contribution in [0.2, 0.25) is 0 Å². The molecule has 0 aliphatic carbocycles. The second-order valence-corrected chi connectivity index (χ2v) is 2.84. The Morgan fingerprint density at radius 2 is 1.73 bits per heavy atom. The van der Waals surface area contributed by atoms with E-state index in [-0.39, 0.29) is 0 Å². The first-order valence-electron chi connectivity index (χ1n) is 3.81. The van der Waals surface area contributed by atoms with Crippen molar-refractivity contribution in [2.24, 2.45) is 0 Å². The predicted octanol–water partition coefficient (Wildman–Crippen LogP) is 3.19. The van der Waals surface area contributed by atoms with Gasteiger partial charge in [-0.2, -0.15) is 13.2 Å². The van der Waals surface area contributed by atoms with Gasteiger partial charge < -0.3 is 0 Å². The molecule has 0 fully saturated rings. The Hall–Kier alpha value is -1.46. The summed E-state index contributed by atoms with van der Waals surface area (Å²) in [5.74, 6) is -4.65.